The van der Waals surface area contributed by atoms with Crippen LogP contribution >= 0.6 is 11.3 Å². The predicted molar refractivity (Wildman–Crippen MR) is 81.9 cm³/mol. The number of rotatable bonds is 2. The molecule has 3 nitrogen and oxygen atoms in total. The minimum absolute atomic E-state index is 0.331. The molecule has 0 aromatic carbocycles. The van der Waals surface area contributed by atoms with Gasteiger partial charge < -0.3 is 5.32 Å². The number of hydrogen-bond donors (Lipinski definition) is 1. The second kappa shape index (κ2) is 3.94. The van der Waals surface area contributed by atoms with E-state index < -0.39 is 0 Å². The highest BCUT2D eigenvalue weighted by molar-refractivity contribution is 7.16. The van der Waals surface area contributed by atoms with E-state index in [4.69, 9.17) is 0 Å². The molecule has 0 atom stereocenters. The first-order valence-electron chi connectivity index (χ1n) is 7.76. The molecule has 4 aliphatic carbocycles. The normalized spacial score (nSPS) is 38.5. The Morgan fingerprint density at radius 1 is 1.05 bits per heavy atom. The molecule has 4 bridgehead atoms. The van der Waals surface area contributed by atoms with Crippen LogP contribution in [0.5, 0.6) is 0 Å². The quantitative estimate of drug-likeness (QED) is 0.903. The molecule has 2 heterocycles. The van der Waals surface area contributed by atoms with Crippen molar-refractivity contribution in [2.45, 2.75) is 44.1 Å². The second-order valence-electron chi connectivity index (χ2n) is 7.18. The molecule has 6 rings (SSSR count). The van der Waals surface area contributed by atoms with Crippen LogP contribution in [0.3, 0.4) is 0 Å². The van der Waals surface area contributed by atoms with Crippen LogP contribution in [-0.4, -0.2) is 15.5 Å². The number of aromatic nitrogens is 2. The zero-order chi connectivity index (χ0) is 13.2. The third kappa shape index (κ3) is 1.63. The SMILES string of the molecule is c1nc(NC23CC4CC(CC(C4)C2)C3)c2ccsc2n1. The maximum absolute atomic E-state index is 4.54. The lowest BCUT2D eigenvalue weighted by molar-refractivity contribution is 0.0106. The van der Waals surface area contributed by atoms with Crippen LogP contribution in [0, 0.1) is 17.8 Å². The topological polar surface area (TPSA) is 37.8 Å². The first-order chi connectivity index (χ1) is 9.80. The highest BCUT2D eigenvalue weighted by Crippen LogP contribution is 2.56. The highest BCUT2D eigenvalue weighted by atomic mass is 32.1. The zero-order valence-electron chi connectivity index (χ0n) is 11.5. The summed E-state index contributed by atoms with van der Waals surface area (Å²) in [5.41, 5.74) is 0.331. The molecule has 0 spiro atoms. The number of nitrogens with one attached hydrogen (secondary N) is 1. The van der Waals surface area contributed by atoms with Crippen molar-refractivity contribution in [3.8, 4) is 0 Å². The largest absolute Gasteiger partial charge is 0.364 e. The highest BCUT2D eigenvalue weighted by Gasteiger charge is 2.51. The van der Waals surface area contributed by atoms with E-state index in [2.05, 4.69) is 26.7 Å². The van der Waals surface area contributed by atoms with Gasteiger partial charge in [0.15, 0.2) is 0 Å². The molecule has 4 fully saturated rings. The van der Waals surface area contributed by atoms with Gasteiger partial charge >= 0.3 is 0 Å². The van der Waals surface area contributed by atoms with Crippen LogP contribution in [-0.2, 0) is 0 Å². The second-order valence-corrected chi connectivity index (χ2v) is 8.08. The van der Waals surface area contributed by atoms with Gasteiger partial charge in [0.25, 0.3) is 0 Å². The van der Waals surface area contributed by atoms with Crippen molar-refractivity contribution >= 4 is 27.4 Å². The Bertz CT molecular complexity index is 627. The van der Waals surface area contributed by atoms with Gasteiger partial charge in [0.1, 0.15) is 17.0 Å². The molecule has 4 aliphatic rings. The fourth-order valence-electron chi connectivity index (χ4n) is 5.40. The van der Waals surface area contributed by atoms with Gasteiger partial charge in [-0.2, -0.15) is 0 Å². The Balaban J connectivity index is 1.53. The lowest BCUT2D eigenvalue weighted by Gasteiger charge is -2.57. The summed E-state index contributed by atoms with van der Waals surface area (Å²) >= 11 is 1.70. The summed E-state index contributed by atoms with van der Waals surface area (Å²) in [5.74, 6) is 3.97. The maximum Gasteiger partial charge on any atom is 0.138 e. The Morgan fingerprint density at radius 2 is 1.75 bits per heavy atom. The van der Waals surface area contributed by atoms with E-state index in [0.29, 0.717) is 5.54 Å². The molecule has 20 heavy (non-hydrogen) atoms. The Kier molecular flexibility index (Phi) is 2.26. The lowest BCUT2D eigenvalue weighted by atomic mass is 9.53. The van der Waals surface area contributed by atoms with Gasteiger partial charge in [0, 0.05) is 5.54 Å². The van der Waals surface area contributed by atoms with Crippen molar-refractivity contribution in [1.82, 2.24) is 9.97 Å². The minimum atomic E-state index is 0.331. The molecule has 0 aliphatic heterocycles. The molecule has 104 valence electrons. The molecule has 0 radical (unpaired) electrons. The van der Waals surface area contributed by atoms with Crippen molar-refractivity contribution in [3.63, 3.8) is 0 Å². The number of thiophene rings is 1. The summed E-state index contributed by atoms with van der Waals surface area (Å²) in [4.78, 5) is 10.0. The van der Waals surface area contributed by atoms with Gasteiger partial charge in [-0.15, -0.1) is 11.3 Å². The molecule has 4 heteroatoms. The van der Waals surface area contributed by atoms with Crippen LogP contribution in [0.1, 0.15) is 38.5 Å². The summed E-state index contributed by atoms with van der Waals surface area (Å²) in [5, 5.41) is 7.19. The molecule has 0 amide bonds. The van der Waals surface area contributed by atoms with E-state index in [1.165, 1.54) is 43.9 Å². The van der Waals surface area contributed by atoms with Crippen molar-refractivity contribution in [3.05, 3.63) is 17.8 Å². The molecular formula is C16H19N3S. The number of fused-ring (bicyclic) bond motifs is 1. The van der Waals surface area contributed by atoms with Crippen molar-refractivity contribution < 1.29 is 0 Å². The summed E-state index contributed by atoms with van der Waals surface area (Å²) in [6.07, 6.45) is 10.2. The van der Waals surface area contributed by atoms with Crippen molar-refractivity contribution in [2.75, 3.05) is 5.32 Å². The van der Waals surface area contributed by atoms with Crippen LogP contribution in [0.25, 0.3) is 10.2 Å². The molecule has 0 saturated heterocycles. The average molecular weight is 285 g/mol. The van der Waals surface area contributed by atoms with E-state index in [1.807, 2.05) is 0 Å². The van der Waals surface area contributed by atoms with E-state index in [9.17, 15) is 0 Å². The van der Waals surface area contributed by atoms with Crippen LogP contribution in [0.15, 0.2) is 17.8 Å². The van der Waals surface area contributed by atoms with Crippen molar-refractivity contribution in [1.29, 1.82) is 0 Å². The van der Waals surface area contributed by atoms with Gasteiger partial charge in [0.05, 0.1) is 5.39 Å². The number of anilines is 1. The van der Waals surface area contributed by atoms with Gasteiger partial charge in [-0.1, -0.05) is 0 Å². The molecular weight excluding hydrogens is 266 g/mol. The van der Waals surface area contributed by atoms with E-state index in [-0.39, 0.29) is 0 Å². The van der Waals surface area contributed by atoms with Crippen LogP contribution in [0.4, 0.5) is 5.82 Å². The summed E-state index contributed by atoms with van der Waals surface area (Å²) in [6, 6.07) is 2.16. The van der Waals surface area contributed by atoms with E-state index in [0.717, 1.165) is 28.4 Å². The maximum atomic E-state index is 4.54. The van der Waals surface area contributed by atoms with E-state index >= 15 is 0 Å². The van der Waals surface area contributed by atoms with Gasteiger partial charge in [-0.3, -0.25) is 0 Å². The Hall–Kier alpha value is -1.16. The van der Waals surface area contributed by atoms with Gasteiger partial charge in [-0.25, -0.2) is 9.97 Å². The predicted octanol–water partition coefficient (Wildman–Crippen LogP) is 4.07. The van der Waals surface area contributed by atoms with Crippen molar-refractivity contribution in [2.24, 2.45) is 17.8 Å². The van der Waals surface area contributed by atoms with Crippen LogP contribution in [0.2, 0.25) is 0 Å². The summed E-state index contributed by atoms with van der Waals surface area (Å²) < 4.78 is 0. The third-order valence-corrected chi connectivity index (χ3v) is 6.50. The van der Waals surface area contributed by atoms with Gasteiger partial charge in [-0.05, 0) is 67.7 Å². The first-order valence-corrected chi connectivity index (χ1v) is 8.64. The smallest absolute Gasteiger partial charge is 0.138 e. The summed E-state index contributed by atoms with van der Waals surface area (Å²) in [7, 11) is 0. The minimum Gasteiger partial charge on any atom is -0.364 e. The number of hydrogen-bond acceptors (Lipinski definition) is 4. The van der Waals surface area contributed by atoms with E-state index in [1.54, 1.807) is 17.7 Å². The van der Waals surface area contributed by atoms with Gasteiger partial charge in [0.2, 0.25) is 0 Å². The average Bonchev–Trinajstić information content (AvgIpc) is 2.86. The fraction of sp³-hybridized carbons (Fsp3) is 0.625. The zero-order valence-corrected chi connectivity index (χ0v) is 12.3. The number of nitrogens with zero attached hydrogens (tertiary/aromatic N) is 2. The monoisotopic (exact) mass is 285 g/mol. The molecule has 2 aromatic heterocycles. The van der Waals surface area contributed by atoms with Crippen LogP contribution < -0.4 is 5.32 Å². The standard InChI is InChI=1S/C16H19N3S/c1-2-20-15-13(1)14(17-9-18-15)19-16-6-10-3-11(7-16)5-12(4-10)8-16/h1-2,9-12H,3-8H2,(H,17,18,19). The lowest BCUT2D eigenvalue weighted by Crippen LogP contribution is -2.54. The molecule has 2 aromatic rings. The molecule has 1 N–H and O–H groups in total. The first kappa shape index (κ1) is 11.5. The molecule has 4 saturated carbocycles. The summed E-state index contributed by atoms with van der Waals surface area (Å²) in [6.45, 7) is 0. The fourth-order valence-corrected chi connectivity index (χ4v) is 6.14. The Labute approximate surface area is 122 Å². The molecule has 0 unspecified atom stereocenters. The third-order valence-electron chi connectivity index (χ3n) is 5.68. The Morgan fingerprint density at radius 3 is 2.45 bits per heavy atom.